The number of guanidine groups is 1. The third-order valence-corrected chi connectivity index (χ3v) is 3.80. The third kappa shape index (κ3) is 7.48. The first kappa shape index (κ1) is 17.0. The van der Waals surface area contributed by atoms with Gasteiger partial charge in [-0.3, -0.25) is 0 Å². The highest BCUT2D eigenvalue weighted by Gasteiger charge is 2.00. The van der Waals surface area contributed by atoms with Crippen molar-refractivity contribution in [3.8, 4) is 0 Å². The standard InChI is InChI=1S/C15H28N4S/c1-5-16-15(17-9-7-6-8-12(2)3)19-11-14-10-18-13(4)20-14/h10,12H,5-9,11H2,1-4H3,(H2,16,17,19). The number of thiazole rings is 1. The molecule has 1 heterocycles. The lowest BCUT2D eigenvalue weighted by molar-refractivity contribution is 0.534. The van der Waals surface area contributed by atoms with Gasteiger partial charge in [0.1, 0.15) is 0 Å². The highest BCUT2D eigenvalue weighted by atomic mass is 32.1. The molecule has 1 rings (SSSR count). The molecule has 1 aromatic heterocycles. The predicted octanol–water partition coefficient (Wildman–Crippen LogP) is 3.33. The molecule has 0 bridgehead atoms. The molecule has 0 amide bonds. The van der Waals surface area contributed by atoms with Crippen LogP contribution >= 0.6 is 11.3 Å². The predicted molar refractivity (Wildman–Crippen MR) is 88.4 cm³/mol. The maximum absolute atomic E-state index is 4.59. The molecule has 1 aromatic rings. The molecule has 2 N–H and O–H groups in total. The van der Waals surface area contributed by atoms with E-state index in [0.717, 1.165) is 30.0 Å². The van der Waals surface area contributed by atoms with Crippen LogP contribution in [-0.4, -0.2) is 24.0 Å². The Balaban J connectivity index is 2.31. The van der Waals surface area contributed by atoms with Crippen molar-refractivity contribution in [1.82, 2.24) is 15.6 Å². The summed E-state index contributed by atoms with van der Waals surface area (Å²) in [4.78, 5) is 10.1. The fourth-order valence-electron chi connectivity index (χ4n) is 1.86. The van der Waals surface area contributed by atoms with E-state index in [-0.39, 0.29) is 0 Å². The monoisotopic (exact) mass is 296 g/mol. The van der Waals surface area contributed by atoms with Gasteiger partial charge in [0.05, 0.1) is 11.6 Å². The van der Waals surface area contributed by atoms with Crippen LogP contribution in [0.4, 0.5) is 0 Å². The molecule has 0 saturated carbocycles. The quantitative estimate of drug-likeness (QED) is 0.439. The van der Waals surface area contributed by atoms with Crippen LogP contribution in [0.15, 0.2) is 11.2 Å². The van der Waals surface area contributed by atoms with E-state index >= 15 is 0 Å². The SMILES string of the molecule is CCNC(=NCc1cnc(C)s1)NCCCCC(C)C. The minimum atomic E-state index is 0.701. The second-order valence-corrected chi connectivity index (χ2v) is 6.68. The number of hydrogen-bond acceptors (Lipinski definition) is 3. The maximum atomic E-state index is 4.59. The number of aliphatic imine (C=N–C) groups is 1. The average Bonchev–Trinajstić information content (AvgIpc) is 2.81. The zero-order valence-electron chi connectivity index (χ0n) is 13.2. The minimum Gasteiger partial charge on any atom is -0.357 e. The third-order valence-electron chi connectivity index (χ3n) is 2.91. The van der Waals surface area contributed by atoms with Gasteiger partial charge in [0, 0.05) is 24.2 Å². The van der Waals surface area contributed by atoms with Gasteiger partial charge in [0.2, 0.25) is 0 Å². The molecule has 114 valence electrons. The summed E-state index contributed by atoms with van der Waals surface area (Å²) in [6.07, 6.45) is 5.69. The van der Waals surface area contributed by atoms with Crippen LogP contribution < -0.4 is 10.6 Å². The molecule has 4 nitrogen and oxygen atoms in total. The summed E-state index contributed by atoms with van der Waals surface area (Å²) in [6, 6.07) is 0. The highest BCUT2D eigenvalue weighted by molar-refractivity contribution is 7.11. The van der Waals surface area contributed by atoms with E-state index in [4.69, 9.17) is 0 Å². The van der Waals surface area contributed by atoms with Crippen molar-refractivity contribution in [3.63, 3.8) is 0 Å². The van der Waals surface area contributed by atoms with E-state index in [1.54, 1.807) is 11.3 Å². The van der Waals surface area contributed by atoms with Crippen molar-refractivity contribution in [3.05, 3.63) is 16.1 Å². The molecule has 0 radical (unpaired) electrons. The first-order chi connectivity index (χ1) is 9.61. The molecular weight excluding hydrogens is 268 g/mol. The second-order valence-electron chi connectivity index (χ2n) is 5.36. The van der Waals surface area contributed by atoms with Gasteiger partial charge in [-0.25, -0.2) is 9.98 Å². The number of aromatic nitrogens is 1. The summed E-state index contributed by atoms with van der Waals surface area (Å²) >= 11 is 1.71. The van der Waals surface area contributed by atoms with E-state index in [1.807, 2.05) is 13.1 Å². The Kier molecular flexibility index (Phi) is 8.26. The summed E-state index contributed by atoms with van der Waals surface area (Å²) in [5, 5.41) is 7.78. The van der Waals surface area contributed by atoms with Crippen molar-refractivity contribution in [2.24, 2.45) is 10.9 Å². The van der Waals surface area contributed by atoms with Gasteiger partial charge in [-0.15, -0.1) is 11.3 Å². The molecule has 0 aliphatic rings. The Bertz CT molecular complexity index is 398. The van der Waals surface area contributed by atoms with E-state index in [9.17, 15) is 0 Å². The van der Waals surface area contributed by atoms with Gasteiger partial charge in [-0.05, 0) is 26.2 Å². The zero-order chi connectivity index (χ0) is 14.8. The second kappa shape index (κ2) is 9.75. The molecule has 0 aliphatic carbocycles. The molecule has 0 aromatic carbocycles. The lowest BCUT2D eigenvalue weighted by Gasteiger charge is -2.11. The van der Waals surface area contributed by atoms with Crippen molar-refractivity contribution in [2.75, 3.05) is 13.1 Å². The Morgan fingerprint density at radius 1 is 1.35 bits per heavy atom. The lowest BCUT2D eigenvalue weighted by Crippen LogP contribution is -2.37. The smallest absolute Gasteiger partial charge is 0.191 e. The number of unbranched alkanes of at least 4 members (excludes halogenated alkanes) is 1. The molecule has 0 atom stereocenters. The molecule has 0 unspecified atom stereocenters. The molecule has 5 heteroatoms. The number of aryl methyl sites for hydroxylation is 1. The Morgan fingerprint density at radius 3 is 2.75 bits per heavy atom. The van der Waals surface area contributed by atoms with Crippen LogP contribution in [0.5, 0.6) is 0 Å². The summed E-state index contributed by atoms with van der Waals surface area (Å²) in [7, 11) is 0. The Morgan fingerprint density at radius 2 is 2.15 bits per heavy atom. The van der Waals surface area contributed by atoms with Crippen LogP contribution in [0.1, 0.15) is 49.9 Å². The van der Waals surface area contributed by atoms with Gasteiger partial charge >= 0.3 is 0 Å². The highest BCUT2D eigenvalue weighted by Crippen LogP contribution is 2.12. The van der Waals surface area contributed by atoms with Gasteiger partial charge < -0.3 is 10.6 Å². The van der Waals surface area contributed by atoms with Crippen LogP contribution in [0, 0.1) is 12.8 Å². The Labute approximate surface area is 127 Å². The molecule has 0 spiro atoms. The maximum Gasteiger partial charge on any atom is 0.191 e. The molecule has 0 fully saturated rings. The summed E-state index contributed by atoms with van der Waals surface area (Å²) in [6.45, 7) is 11.2. The largest absolute Gasteiger partial charge is 0.357 e. The lowest BCUT2D eigenvalue weighted by atomic mass is 10.1. The number of nitrogens with zero attached hydrogens (tertiary/aromatic N) is 2. The molecule has 0 aliphatic heterocycles. The average molecular weight is 296 g/mol. The van der Waals surface area contributed by atoms with Crippen molar-refractivity contribution in [2.45, 2.75) is 53.5 Å². The van der Waals surface area contributed by atoms with Crippen LogP contribution in [-0.2, 0) is 6.54 Å². The van der Waals surface area contributed by atoms with Crippen molar-refractivity contribution < 1.29 is 0 Å². The van der Waals surface area contributed by atoms with Crippen LogP contribution in [0.3, 0.4) is 0 Å². The van der Waals surface area contributed by atoms with Gasteiger partial charge in [0.15, 0.2) is 5.96 Å². The number of hydrogen-bond donors (Lipinski definition) is 2. The topological polar surface area (TPSA) is 49.3 Å². The van der Waals surface area contributed by atoms with Crippen molar-refractivity contribution >= 4 is 17.3 Å². The summed E-state index contributed by atoms with van der Waals surface area (Å²) in [5.41, 5.74) is 0. The van der Waals surface area contributed by atoms with E-state index in [0.29, 0.717) is 6.54 Å². The normalized spacial score (nSPS) is 11.9. The summed E-state index contributed by atoms with van der Waals surface area (Å²) in [5.74, 6) is 1.70. The summed E-state index contributed by atoms with van der Waals surface area (Å²) < 4.78 is 0. The van der Waals surface area contributed by atoms with E-state index < -0.39 is 0 Å². The number of nitrogens with one attached hydrogen (secondary N) is 2. The van der Waals surface area contributed by atoms with Gasteiger partial charge in [-0.2, -0.15) is 0 Å². The first-order valence-corrected chi connectivity index (χ1v) is 8.37. The molecular formula is C15H28N4S. The van der Waals surface area contributed by atoms with E-state index in [1.165, 1.54) is 24.1 Å². The fourth-order valence-corrected chi connectivity index (χ4v) is 2.58. The van der Waals surface area contributed by atoms with Crippen LogP contribution in [0.25, 0.3) is 0 Å². The number of rotatable bonds is 8. The zero-order valence-corrected chi connectivity index (χ0v) is 14.0. The van der Waals surface area contributed by atoms with Gasteiger partial charge in [0.25, 0.3) is 0 Å². The van der Waals surface area contributed by atoms with Crippen molar-refractivity contribution in [1.29, 1.82) is 0 Å². The minimum absolute atomic E-state index is 0.701. The molecule has 20 heavy (non-hydrogen) atoms. The first-order valence-electron chi connectivity index (χ1n) is 7.55. The van der Waals surface area contributed by atoms with Crippen LogP contribution in [0.2, 0.25) is 0 Å². The van der Waals surface area contributed by atoms with E-state index in [2.05, 4.69) is 41.4 Å². The van der Waals surface area contributed by atoms with Gasteiger partial charge in [-0.1, -0.05) is 26.7 Å². The molecule has 0 saturated heterocycles. The fraction of sp³-hybridized carbons (Fsp3) is 0.733. The Hall–Kier alpha value is -1.10.